The smallest absolute Gasteiger partial charge is 0.227 e. The largest absolute Gasteiger partial charge is 0.404 e. The number of aromatic nitrogens is 2. The lowest BCUT2D eigenvalue weighted by Gasteiger charge is -2.21. The molecule has 7 heteroatoms. The van der Waals surface area contributed by atoms with Gasteiger partial charge >= 0.3 is 0 Å². The van der Waals surface area contributed by atoms with Crippen molar-refractivity contribution >= 4 is 29.2 Å². The van der Waals surface area contributed by atoms with Crippen LogP contribution in [0.3, 0.4) is 0 Å². The number of rotatable bonds is 5. The Bertz CT molecular complexity index is 775. The molecule has 0 saturated carbocycles. The van der Waals surface area contributed by atoms with Gasteiger partial charge in [-0.2, -0.15) is 4.98 Å². The van der Waals surface area contributed by atoms with Crippen LogP contribution in [0.4, 0.5) is 17.5 Å². The topological polar surface area (TPSA) is 103 Å². The van der Waals surface area contributed by atoms with E-state index < -0.39 is 0 Å². The Hall–Kier alpha value is -2.93. The van der Waals surface area contributed by atoms with Crippen LogP contribution in [0.1, 0.15) is 17.7 Å². The zero-order chi connectivity index (χ0) is 18.4. The summed E-state index contributed by atoms with van der Waals surface area (Å²) in [4.78, 5) is 11.5. The molecule has 1 aliphatic rings. The lowest BCUT2D eigenvalue weighted by Crippen LogP contribution is -2.29. The molecule has 136 valence electrons. The van der Waals surface area contributed by atoms with Crippen LogP contribution >= 0.6 is 0 Å². The van der Waals surface area contributed by atoms with Gasteiger partial charge < -0.3 is 26.7 Å². The van der Waals surface area contributed by atoms with Crippen LogP contribution in [0, 0.1) is 12.3 Å². The second-order valence-electron chi connectivity index (χ2n) is 6.25. The molecule has 7 nitrogen and oxygen atoms in total. The molecular weight excluding hydrogens is 326 g/mol. The standard InChI is InChI=1S/C19H25N7/c1-14-11-18(25-19(23-14)26-9-2-7-22-8-10-26)24-17-5-3-15(4-6-17)16(12-20)13-21/h3-6,11-13,20,22H,2,7-10,21H2,1H3,(H,23,24,25)/b16-13+,20-12?. The molecule has 0 unspecified atom stereocenters. The van der Waals surface area contributed by atoms with Crippen molar-refractivity contribution in [1.82, 2.24) is 15.3 Å². The van der Waals surface area contributed by atoms with Gasteiger partial charge in [0.25, 0.3) is 0 Å². The average Bonchev–Trinajstić information content (AvgIpc) is 2.93. The highest BCUT2D eigenvalue weighted by Gasteiger charge is 2.13. The Morgan fingerprint density at radius 1 is 1.23 bits per heavy atom. The summed E-state index contributed by atoms with van der Waals surface area (Å²) in [5.74, 6) is 1.55. The van der Waals surface area contributed by atoms with Crippen LogP contribution in [-0.4, -0.2) is 42.4 Å². The van der Waals surface area contributed by atoms with Gasteiger partial charge in [0.1, 0.15) is 5.82 Å². The van der Waals surface area contributed by atoms with Crippen LogP contribution in [-0.2, 0) is 0 Å². The quantitative estimate of drug-likeness (QED) is 0.616. The van der Waals surface area contributed by atoms with Crippen LogP contribution in [0.15, 0.2) is 36.5 Å². The zero-order valence-corrected chi connectivity index (χ0v) is 15.0. The third kappa shape index (κ3) is 4.37. The number of nitrogens with zero attached hydrogens (tertiary/aromatic N) is 3. The molecule has 0 bridgehead atoms. The summed E-state index contributed by atoms with van der Waals surface area (Å²) in [6.07, 6.45) is 3.77. The Morgan fingerprint density at radius 3 is 2.77 bits per heavy atom. The van der Waals surface area contributed by atoms with Crippen molar-refractivity contribution in [2.75, 3.05) is 36.4 Å². The number of hydrogen-bond donors (Lipinski definition) is 4. The van der Waals surface area contributed by atoms with E-state index in [1.54, 1.807) is 0 Å². The number of aryl methyl sites for hydroxylation is 1. The fourth-order valence-electron chi connectivity index (χ4n) is 2.93. The van der Waals surface area contributed by atoms with Gasteiger partial charge in [0.2, 0.25) is 5.95 Å². The lowest BCUT2D eigenvalue weighted by molar-refractivity contribution is 0.724. The fraction of sp³-hybridized carbons (Fsp3) is 0.316. The van der Waals surface area contributed by atoms with Crippen molar-refractivity contribution < 1.29 is 0 Å². The third-order valence-electron chi connectivity index (χ3n) is 4.29. The van der Waals surface area contributed by atoms with E-state index in [9.17, 15) is 0 Å². The molecule has 0 spiro atoms. The molecule has 1 saturated heterocycles. The molecule has 1 aromatic heterocycles. The maximum atomic E-state index is 7.38. The molecule has 2 heterocycles. The predicted octanol–water partition coefficient (Wildman–Crippen LogP) is 2.28. The highest BCUT2D eigenvalue weighted by atomic mass is 15.3. The Kier molecular flexibility index (Phi) is 5.80. The van der Waals surface area contributed by atoms with E-state index in [0.29, 0.717) is 5.57 Å². The van der Waals surface area contributed by atoms with E-state index in [0.717, 1.165) is 61.3 Å². The van der Waals surface area contributed by atoms with E-state index >= 15 is 0 Å². The molecular formula is C19H25N7. The maximum absolute atomic E-state index is 7.38. The average molecular weight is 351 g/mol. The number of nitrogens with two attached hydrogens (primary N) is 1. The van der Waals surface area contributed by atoms with Crippen LogP contribution in [0.25, 0.3) is 5.57 Å². The molecule has 0 radical (unpaired) electrons. The normalized spacial score (nSPS) is 15.4. The van der Waals surface area contributed by atoms with E-state index in [4.69, 9.17) is 16.1 Å². The molecule has 1 aliphatic heterocycles. The van der Waals surface area contributed by atoms with E-state index in [1.807, 2.05) is 37.3 Å². The maximum Gasteiger partial charge on any atom is 0.227 e. The van der Waals surface area contributed by atoms with Crippen LogP contribution in [0.5, 0.6) is 0 Å². The minimum Gasteiger partial charge on any atom is -0.404 e. The van der Waals surface area contributed by atoms with Gasteiger partial charge in [-0.1, -0.05) is 12.1 Å². The van der Waals surface area contributed by atoms with Crippen molar-refractivity contribution in [2.45, 2.75) is 13.3 Å². The van der Waals surface area contributed by atoms with E-state index in [1.165, 1.54) is 12.4 Å². The number of allylic oxidation sites excluding steroid dienone is 1. The molecule has 5 N–H and O–H groups in total. The highest BCUT2D eigenvalue weighted by molar-refractivity contribution is 6.08. The van der Waals surface area contributed by atoms with Gasteiger partial charge in [-0.15, -0.1) is 0 Å². The Labute approximate surface area is 153 Å². The molecule has 0 amide bonds. The first-order valence-electron chi connectivity index (χ1n) is 8.81. The number of hydrogen-bond acceptors (Lipinski definition) is 7. The van der Waals surface area contributed by atoms with Crippen LogP contribution in [0.2, 0.25) is 0 Å². The first-order valence-corrected chi connectivity index (χ1v) is 8.81. The fourth-order valence-corrected chi connectivity index (χ4v) is 2.93. The van der Waals surface area contributed by atoms with Gasteiger partial charge in [0.05, 0.1) is 0 Å². The van der Waals surface area contributed by atoms with E-state index in [-0.39, 0.29) is 0 Å². The SMILES string of the molecule is Cc1cc(Nc2ccc(/C(C=N)=C/N)cc2)nc(N2CCCNCC2)n1. The number of anilines is 3. The predicted molar refractivity (Wildman–Crippen MR) is 107 cm³/mol. The first-order chi connectivity index (χ1) is 12.7. The van der Waals surface area contributed by atoms with Crippen molar-refractivity contribution in [2.24, 2.45) is 5.73 Å². The van der Waals surface area contributed by atoms with Gasteiger partial charge in [-0.05, 0) is 37.6 Å². The second kappa shape index (κ2) is 8.44. The molecule has 0 atom stereocenters. The summed E-state index contributed by atoms with van der Waals surface area (Å²) in [6, 6.07) is 9.71. The summed E-state index contributed by atoms with van der Waals surface area (Å²) in [5.41, 5.74) is 8.99. The molecule has 0 aliphatic carbocycles. The summed E-state index contributed by atoms with van der Waals surface area (Å²) in [5, 5.41) is 14.1. The summed E-state index contributed by atoms with van der Waals surface area (Å²) in [7, 11) is 0. The highest BCUT2D eigenvalue weighted by Crippen LogP contribution is 2.21. The van der Waals surface area contributed by atoms with Gasteiger partial charge in [0, 0.05) is 55.1 Å². The molecule has 1 fully saturated rings. The first kappa shape index (κ1) is 17.9. The molecule has 1 aromatic carbocycles. The van der Waals surface area contributed by atoms with Gasteiger partial charge in [-0.25, -0.2) is 4.98 Å². The van der Waals surface area contributed by atoms with Crippen molar-refractivity contribution in [1.29, 1.82) is 5.41 Å². The van der Waals surface area contributed by atoms with Crippen molar-refractivity contribution in [3.8, 4) is 0 Å². The summed E-state index contributed by atoms with van der Waals surface area (Å²) in [6.45, 7) is 5.84. The molecule has 26 heavy (non-hydrogen) atoms. The number of nitrogens with one attached hydrogen (secondary N) is 3. The van der Waals surface area contributed by atoms with Crippen molar-refractivity contribution in [3.05, 3.63) is 47.8 Å². The lowest BCUT2D eigenvalue weighted by atomic mass is 10.1. The van der Waals surface area contributed by atoms with Gasteiger partial charge in [-0.3, -0.25) is 0 Å². The zero-order valence-electron chi connectivity index (χ0n) is 15.0. The Morgan fingerprint density at radius 2 is 2.04 bits per heavy atom. The summed E-state index contributed by atoms with van der Waals surface area (Å²) >= 11 is 0. The minimum absolute atomic E-state index is 0.687. The second-order valence-corrected chi connectivity index (χ2v) is 6.25. The third-order valence-corrected chi connectivity index (χ3v) is 4.29. The van der Waals surface area contributed by atoms with E-state index in [2.05, 4.69) is 20.5 Å². The molecule has 2 aromatic rings. The number of benzene rings is 1. The monoisotopic (exact) mass is 351 g/mol. The van der Waals surface area contributed by atoms with Crippen molar-refractivity contribution in [3.63, 3.8) is 0 Å². The Balaban J connectivity index is 1.78. The molecule has 3 rings (SSSR count). The summed E-state index contributed by atoms with van der Waals surface area (Å²) < 4.78 is 0. The minimum atomic E-state index is 0.687. The van der Waals surface area contributed by atoms with Crippen LogP contribution < -0.4 is 21.3 Å². The van der Waals surface area contributed by atoms with Gasteiger partial charge in [0.15, 0.2) is 0 Å².